The number of rotatable bonds is 9. The number of hydroxylamine groups is 1. The van der Waals surface area contributed by atoms with Gasteiger partial charge in [0.05, 0.1) is 24.8 Å². The number of halogens is 1. The smallest absolute Gasteiger partial charge is 0.257 e. The second-order valence-corrected chi connectivity index (χ2v) is 13.6. The molecular weight excluding hydrogens is 608 g/mol. The molecule has 0 saturated carbocycles. The Bertz CT molecular complexity index is 1560. The molecule has 0 spiro atoms. The first-order valence-electron chi connectivity index (χ1n) is 14.5. The van der Waals surface area contributed by atoms with E-state index in [0.717, 1.165) is 12.8 Å². The highest BCUT2D eigenvalue weighted by atomic mass is 35.5. The third-order valence-corrected chi connectivity index (χ3v) is 10.7. The van der Waals surface area contributed by atoms with Crippen molar-refractivity contribution in [2.75, 3.05) is 32.6 Å². The second-order valence-electron chi connectivity index (χ2n) is 10.8. The lowest BCUT2D eigenvalue weighted by Gasteiger charge is -2.32. The topological polar surface area (TPSA) is 120 Å². The van der Waals surface area contributed by atoms with Crippen LogP contribution in [0.2, 0.25) is 5.02 Å². The molecule has 2 aliphatic rings. The standard InChI is InChI=1S/C32H35ClN2O8S/c1-40-28-7-3-2-6-27(28)31(37)35-18-17-32(44(38,39)21-19-35,22-29(36)34-43-30-8-4-5-20-41-30)23-9-13-25(14-10-23)42-26-15-11-24(33)12-16-26/h2-3,6-7,9-16,30H,4-5,8,17-22H2,1H3,(H,34,36). The van der Waals surface area contributed by atoms with Crippen LogP contribution in [-0.2, 0) is 29.0 Å². The van der Waals surface area contributed by atoms with Gasteiger partial charge in [-0.05, 0) is 73.4 Å². The van der Waals surface area contributed by atoms with E-state index in [9.17, 15) is 18.0 Å². The molecule has 3 aromatic rings. The van der Waals surface area contributed by atoms with E-state index >= 15 is 0 Å². The van der Waals surface area contributed by atoms with Crippen LogP contribution in [0.4, 0.5) is 0 Å². The van der Waals surface area contributed by atoms with Crippen molar-refractivity contribution < 1.29 is 37.1 Å². The lowest BCUT2D eigenvalue weighted by Crippen LogP contribution is -2.43. The van der Waals surface area contributed by atoms with E-state index in [1.54, 1.807) is 72.8 Å². The fourth-order valence-corrected chi connectivity index (χ4v) is 7.75. The summed E-state index contributed by atoms with van der Waals surface area (Å²) in [6.45, 7) is 0.588. The van der Waals surface area contributed by atoms with Crippen LogP contribution in [0.1, 0.15) is 48.0 Å². The highest BCUT2D eigenvalue weighted by Gasteiger charge is 2.49. The Morgan fingerprint density at radius 1 is 1.00 bits per heavy atom. The molecule has 0 aromatic heterocycles. The Morgan fingerprint density at radius 2 is 1.70 bits per heavy atom. The van der Waals surface area contributed by atoms with Crippen molar-refractivity contribution in [3.63, 3.8) is 0 Å². The number of para-hydroxylation sites is 1. The van der Waals surface area contributed by atoms with E-state index in [4.69, 9.17) is 30.6 Å². The summed E-state index contributed by atoms with van der Waals surface area (Å²) < 4.78 is 43.5. The molecule has 2 unspecified atom stereocenters. The van der Waals surface area contributed by atoms with Crippen molar-refractivity contribution in [1.82, 2.24) is 10.4 Å². The van der Waals surface area contributed by atoms with Crippen LogP contribution in [-0.4, -0.2) is 64.0 Å². The van der Waals surface area contributed by atoms with Crippen LogP contribution in [0.15, 0.2) is 72.8 Å². The normalized spacial score (nSPS) is 21.6. The molecule has 2 saturated heterocycles. The first-order chi connectivity index (χ1) is 21.2. The summed E-state index contributed by atoms with van der Waals surface area (Å²) in [6.07, 6.45) is 1.43. The number of hydrogen-bond acceptors (Lipinski definition) is 8. The monoisotopic (exact) mass is 642 g/mol. The van der Waals surface area contributed by atoms with Crippen molar-refractivity contribution in [2.24, 2.45) is 0 Å². The van der Waals surface area contributed by atoms with E-state index < -0.39 is 33.2 Å². The number of hydrogen-bond donors (Lipinski definition) is 1. The molecule has 3 aromatic carbocycles. The Kier molecular flexibility index (Phi) is 10.1. The lowest BCUT2D eigenvalue weighted by molar-refractivity contribution is -0.200. The van der Waals surface area contributed by atoms with Crippen molar-refractivity contribution in [3.8, 4) is 17.2 Å². The van der Waals surface area contributed by atoms with Crippen molar-refractivity contribution >= 4 is 33.3 Å². The number of sulfone groups is 1. The van der Waals surface area contributed by atoms with Gasteiger partial charge >= 0.3 is 0 Å². The predicted octanol–water partition coefficient (Wildman–Crippen LogP) is 5.26. The van der Waals surface area contributed by atoms with Crippen LogP contribution in [0, 0.1) is 0 Å². The van der Waals surface area contributed by atoms with Gasteiger partial charge in [-0.15, -0.1) is 0 Å². The van der Waals surface area contributed by atoms with Crippen LogP contribution >= 0.6 is 11.6 Å². The zero-order valence-corrected chi connectivity index (χ0v) is 25.9. The van der Waals surface area contributed by atoms with Gasteiger partial charge in [-0.25, -0.2) is 18.7 Å². The van der Waals surface area contributed by atoms with Gasteiger partial charge in [0.1, 0.15) is 22.0 Å². The molecule has 0 bridgehead atoms. The van der Waals surface area contributed by atoms with Gasteiger partial charge in [0.2, 0.25) is 5.91 Å². The summed E-state index contributed by atoms with van der Waals surface area (Å²) >= 11 is 5.97. The molecule has 1 N–H and O–H groups in total. The quantitative estimate of drug-likeness (QED) is 0.314. The lowest BCUT2D eigenvalue weighted by atomic mass is 9.90. The highest BCUT2D eigenvalue weighted by Crippen LogP contribution is 2.41. The fourth-order valence-electron chi connectivity index (χ4n) is 5.52. The van der Waals surface area contributed by atoms with Gasteiger partial charge in [-0.3, -0.25) is 9.59 Å². The Morgan fingerprint density at radius 3 is 2.39 bits per heavy atom. The maximum atomic E-state index is 14.1. The van der Waals surface area contributed by atoms with E-state index in [1.165, 1.54) is 12.0 Å². The summed E-state index contributed by atoms with van der Waals surface area (Å²) in [5.74, 6) is 0.152. The van der Waals surface area contributed by atoms with E-state index in [2.05, 4.69) is 5.48 Å². The van der Waals surface area contributed by atoms with Gasteiger partial charge in [0.25, 0.3) is 5.91 Å². The van der Waals surface area contributed by atoms with Crippen LogP contribution in [0.25, 0.3) is 0 Å². The predicted molar refractivity (Wildman–Crippen MR) is 164 cm³/mol. The molecule has 234 valence electrons. The zero-order chi connectivity index (χ0) is 31.2. The summed E-state index contributed by atoms with van der Waals surface area (Å²) in [5, 5.41) is 0.573. The minimum atomic E-state index is -3.98. The molecule has 2 fully saturated rings. The molecule has 2 aliphatic heterocycles. The average molecular weight is 643 g/mol. The van der Waals surface area contributed by atoms with Crippen molar-refractivity contribution in [2.45, 2.75) is 43.1 Å². The van der Waals surface area contributed by atoms with Crippen LogP contribution in [0.3, 0.4) is 0 Å². The summed E-state index contributed by atoms with van der Waals surface area (Å²) in [7, 11) is -2.51. The number of nitrogens with one attached hydrogen (secondary N) is 1. The number of ether oxygens (including phenoxy) is 3. The molecule has 0 aliphatic carbocycles. The number of carbonyl (C=O) groups excluding carboxylic acids is 2. The van der Waals surface area contributed by atoms with Crippen molar-refractivity contribution in [1.29, 1.82) is 0 Å². The maximum absolute atomic E-state index is 14.1. The Labute approximate surface area is 262 Å². The minimum absolute atomic E-state index is 0.0129. The summed E-state index contributed by atoms with van der Waals surface area (Å²) in [4.78, 5) is 33.8. The fraction of sp³-hybridized carbons (Fsp3) is 0.375. The average Bonchev–Trinajstić information content (AvgIpc) is 3.17. The molecule has 2 amide bonds. The van der Waals surface area contributed by atoms with E-state index in [1.807, 2.05) is 0 Å². The first kappa shape index (κ1) is 31.8. The number of benzene rings is 3. The number of amides is 2. The molecule has 10 nitrogen and oxygen atoms in total. The first-order valence-corrected chi connectivity index (χ1v) is 16.5. The molecular formula is C32H35ClN2O8S. The summed E-state index contributed by atoms with van der Waals surface area (Å²) in [5.41, 5.74) is 3.16. The second kappa shape index (κ2) is 14.0. The molecule has 12 heteroatoms. The number of carbonyl (C=O) groups is 2. The largest absolute Gasteiger partial charge is 0.496 e. The molecule has 5 rings (SSSR count). The van der Waals surface area contributed by atoms with Crippen LogP contribution in [0.5, 0.6) is 17.2 Å². The third-order valence-electron chi connectivity index (χ3n) is 7.95. The van der Waals surface area contributed by atoms with Crippen molar-refractivity contribution in [3.05, 3.63) is 88.9 Å². The SMILES string of the molecule is COc1ccccc1C(=O)N1CCC(CC(=O)NOC2CCCCO2)(c2ccc(Oc3ccc(Cl)cc3)cc2)S(=O)(=O)CC1. The maximum Gasteiger partial charge on any atom is 0.257 e. The van der Waals surface area contributed by atoms with E-state index in [-0.39, 0.29) is 31.2 Å². The Hall–Kier alpha value is -3.64. The third kappa shape index (κ3) is 7.18. The van der Waals surface area contributed by atoms with Gasteiger partial charge in [-0.2, -0.15) is 0 Å². The van der Waals surface area contributed by atoms with Gasteiger partial charge in [0, 0.05) is 31.1 Å². The van der Waals surface area contributed by atoms with Crippen LogP contribution < -0.4 is 15.0 Å². The zero-order valence-electron chi connectivity index (χ0n) is 24.4. The Balaban J connectivity index is 1.42. The molecule has 2 atom stereocenters. The molecule has 0 radical (unpaired) electrons. The van der Waals surface area contributed by atoms with Gasteiger partial charge in [0.15, 0.2) is 16.1 Å². The minimum Gasteiger partial charge on any atom is -0.496 e. The summed E-state index contributed by atoms with van der Waals surface area (Å²) in [6, 6.07) is 20.3. The number of nitrogens with zero attached hydrogens (tertiary/aromatic N) is 1. The molecule has 44 heavy (non-hydrogen) atoms. The van der Waals surface area contributed by atoms with E-state index in [0.29, 0.717) is 46.4 Å². The highest BCUT2D eigenvalue weighted by molar-refractivity contribution is 7.92. The molecule has 2 heterocycles. The van der Waals surface area contributed by atoms with Gasteiger partial charge in [-0.1, -0.05) is 35.9 Å². The number of methoxy groups -OCH3 is 1. The van der Waals surface area contributed by atoms with Gasteiger partial charge < -0.3 is 19.1 Å².